The summed E-state index contributed by atoms with van der Waals surface area (Å²) in [5, 5.41) is 0. The predicted molar refractivity (Wildman–Crippen MR) is 78.2 cm³/mol. The van der Waals surface area contributed by atoms with Crippen molar-refractivity contribution in [2.45, 2.75) is 46.5 Å². The van der Waals surface area contributed by atoms with Gasteiger partial charge in [-0.15, -0.1) is 11.6 Å². The Hall–Kier alpha value is -1.02. The van der Waals surface area contributed by atoms with Gasteiger partial charge in [0.2, 0.25) is 0 Å². The van der Waals surface area contributed by atoms with Gasteiger partial charge in [0.05, 0.1) is 16.9 Å². The van der Waals surface area contributed by atoms with Crippen LogP contribution >= 0.6 is 11.6 Å². The molecule has 1 atom stereocenters. The average Bonchev–Trinajstić information content (AvgIpc) is 2.63. The molecule has 0 spiro atoms. The first-order chi connectivity index (χ1) is 8.34. The van der Waals surface area contributed by atoms with Crippen LogP contribution in [0.5, 0.6) is 0 Å². The van der Waals surface area contributed by atoms with E-state index in [0.717, 1.165) is 11.3 Å². The molecule has 98 valence electrons. The van der Waals surface area contributed by atoms with Crippen molar-refractivity contribution in [1.82, 2.24) is 9.55 Å². The van der Waals surface area contributed by atoms with Crippen LogP contribution in [-0.4, -0.2) is 9.55 Å². The lowest BCUT2D eigenvalue weighted by atomic mass is 9.87. The van der Waals surface area contributed by atoms with Gasteiger partial charge in [-0.1, -0.05) is 26.8 Å². The Labute approximate surface area is 114 Å². The van der Waals surface area contributed by atoms with Gasteiger partial charge in [-0.3, -0.25) is 0 Å². The van der Waals surface area contributed by atoms with Gasteiger partial charge in [0.25, 0.3) is 0 Å². The number of aromatic nitrogens is 2. The van der Waals surface area contributed by atoms with Crippen LogP contribution in [0.3, 0.4) is 0 Å². The highest BCUT2D eigenvalue weighted by Gasteiger charge is 2.25. The predicted octanol–water partition coefficient (Wildman–Crippen LogP) is 4.69. The highest BCUT2D eigenvalue weighted by atomic mass is 35.5. The van der Waals surface area contributed by atoms with Crippen molar-refractivity contribution in [3.8, 4) is 0 Å². The molecular formula is C15H21ClN2. The Morgan fingerprint density at radius 3 is 2.56 bits per heavy atom. The zero-order valence-corrected chi connectivity index (χ0v) is 12.5. The molecule has 0 amide bonds. The van der Waals surface area contributed by atoms with Gasteiger partial charge in [-0.2, -0.15) is 0 Å². The maximum Gasteiger partial charge on any atom is 0.125 e. The molecule has 0 aliphatic carbocycles. The van der Waals surface area contributed by atoms with E-state index in [4.69, 9.17) is 11.6 Å². The summed E-state index contributed by atoms with van der Waals surface area (Å²) >= 11 is 6.05. The lowest BCUT2D eigenvalue weighted by Crippen LogP contribution is -2.22. The molecule has 3 heteroatoms. The number of benzene rings is 1. The Bertz CT molecular complexity index is 564. The molecule has 1 heterocycles. The van der Waals surface area contributed by atoms with Gasteiger partial charge in [0.1, 0.15) is 5.82 Å². The maximum atomic E-state index is 6.05. The minimum atomic E-state index is 0.180. The molecule has 0 radical (unpaired) electrons. The summed E-state index contributed by atoms with van der Waals surface area (Å²) in [6.07, 6.45) is 0. The normalized spacial score (nSPS) is 14.1. The van der Waals surface area contributed by atoms with Crippen molar-refractivity contribution >= 4 is 22.6 Å². The number of imidazole rings is 1. The van der Waals surface area contributed by atoms with Crippen LogP contribution in [-0.2, 0) is 5.88 Å². The molecule has 1 aromatic carbocycles. The number of fused-ring (bicyclic) bond motifs is 1. The number of nitrogens with zero attached hydrogens (tertiary/aromatic N) is 2. The third-order valence-corrected chi connectivity index (χ3v) is 3.92. The number of rotatable bonds is 2. The summed E-state index contributed by atoms with van der Waals surface area (Å²) in [6, 6.07) is 6.76. The summed E-state index contributed by atoms with van der Waals surface area (Å²) in [6.45, 7) is 11.1. The first-order valence-corrected chi connectivity index (χ1v) is 6.91. The second kappa shape index (κ2) is 4.58. The molecule has 0 saturated heterocycles. The van der Waals surface area contributed by atoms with Crippen LogP contribution in [0.25, 0.3) is 11.0 Å². The summed E-state index contributed by atoms with van der Waals surface area (Å²) in [4.78, 5) is 4.66. The van der Waals surface area contributed by atoms with E-state index in [1.54, 1.807) is 0 Å². The number of hydrogen-bond donors (Lipinski definition) is 0. The molecular weight excluding hydrogens is 244 g/mol. The van der Waals surface area contributed by atoms with Gasteiger partial charge in [-0.05, 0) is 37.0 Å². The molecule has 1 unspecified atom stereocenters. The second-order valence-corrected chi connectivity index (χ2v) is 6.33. The molecule has 0 saturated carbocycles. The van der Waals surface area contributed by atoms with Crippen molar-refractivity contribution in [1.29, 1.82) is 0 Å². The summed E-state index contributed by atoms with van der Waals surface area (Å²) in [7, 11) is 0. The van der Waals surface area contributed by atoms with Crippen molar-refractivity contribution in [2.24, 2.45) is 5.41 Å². The molecule has 18 heavy (non-hydrogen) atoms. The van der Waals surface area contributed by atoms with E-state index in [2.05, 4.69) is 62.4 Å². The monoisotopic (exact) mass is 264 g/mol. The van der Waals surface area contributed by atoms with E-state index in [-0.39, 0.29) is 5.41 Å². The van der Waals surface area contributed by atoms with Crippen LogP contribution in [0.2, 0.25) is 0 Å². The maximum absolute atomic E-state index is 6.05. The van der Waals surface area contributed by atoms with E-state index in [9.17, 15) is 0 Å². The fraction of sp³-hybridized carbons (Fsp3) is 0.533. The number of hydrogen-bond acceptors (Lipinski definition) is 1. The third-order valence-electron chi connectivity index (χ3n) is 3.68. The van der Waals surface area contributed by atoms with E-state index in [1.165, 1.54) is 11.1 Å². The molecule has 0 aliphatic heterocycles. The molecule has 0 aliphatic rings. The minimum Gasteiger partial charge on any atom is -0.324 e. The van der Waals surface area contributed by atoms with E-state index >= 15 is 0 Å². The lowest BCUT2D eigenvalue weighted by Gasteiger charge is -2.30. The molecule has 2 aromatic rings. The van der Waals surface area contributed by atoms with Gasteiger partial charge in [0, 0.05) is 6.04 Å². The molecule has 1 aromatic heterocycles. The number of halogens is 1. The number of alkyl halides is 1. The Morgan fingerprint density at radius 2 is 2.00 bits per heavy atom. The van der Waals surface area contributed by atoms with Crippen molar-refractivity contribution in [2.75, 3.05) is 0 Å². The minimum absolute atomic E-state index is 0.180. The SMILES string of the molecule is Cc1ccc2c(c1)nc(CCl)n2C(C)C(C)(C)C. The Kier molecular flexibility index (Phi) is 3.41. The molecule has 2 nitrogen and oxygen atoms in total. The van der Waals surface area contributed by atoms with Crippen LogP contribution in [0.4, 0.5) is 0 Å². The third kappa shape index (κ3) is 2.26. The van der Waals surface area contributed by atoms with E-state index < -0.39 is 0 Å². The first-order valence-electron chi connectivity index (χ1n) is 6.38. The van der Waals surface area contributed by atoms with Crippen molar-refractivity contribution in [3.63, 3.8) is 0 Å². The largest absolute Gasteiger partial charge is 0.324 e. The Morgan fingerprint density at radius 1 is 1.33 bits per heavy atom. The number of aryl methyl sites for hydroxylation is 1. The molecule has 0 N–H and O–H groups in total. The topological polar surface area (TPSA) is 17.8 Å². The molecule has 0 bridgehead atoms. The summed E-state index contributed by atoms with van der Waals surface area (Å²) in [5.41, 5.74) is 3.64. The van der Waals surface area contributed by atoms with Crippen molar-refractivity contribution < 1.29 is 0 Å². The van der Waals surface area contributed by atoms with Crippen LogP contribution in [0.1, 0.15) is 45.1 Å². The zero-order valence-electron chi connectivity index (χ0n) is 11.8. The van der Waals surface area contributed by atoms with Crippen LogP contribution < -0.4 is 0 Å². The van der Waals surface area contributed by atoms with Crippen molar-refractivity contribution in [3.05, 3.63) is 29.6 Å². The zero-order chi connectivity index (χ0) is 13.5. The smallest absolute Gasteiger partial charge is 0.125 e. The quantitative estimate of drug-likeness (QED) is 0.720. The van der Waals surface area contributed by atoms with E-state index in [1.807, 2.05) is 0 Å². The fourth-order valence-corrected chi connectivity index (χ4v) is 2.36. The van der Waals surface area contributed by atoms with Gasteiger partial charge in [-0.25, -0.2) is 4.98 Å². The highest BCUT2D eigenvalue weighted by Crippen LogP contribution is 2.34. The lowest BCUT2D eigenvalue weighted by molar-refractivity contribution is 0.264. The first kappa shape index (κ1) is 13.4. The van der Waals surface area contributed by atoms with Gasteiger partial charge in [0.15, 0.2) is 0 Å². The molecule has 2 rings (SSSR count). The average molecular weight is 265 g/mol. The van der Waals surface area contributed by atoms with Crippen LogP contribution in [0, 0.1) is 12.3 Å². The van der Waals surface area contributed by atoms with Gasteiger partial charge >= 0.3 is 0 Å². The molecule has 0 fully saturated rings. The highest BCUT2D eigenvalue weighted by molar-refractivity contribution is 6.16. The van der Waals surface area contributed by atoms with Gasteiger partial charge < -0.3 is 4.57 Å². The standard InChI is InChI=1S/C15H21ClN2/c1-10-6-7-13-12(8-10)17-14(9-16)18(13)11(2)15(3,4)5/h6-8,11H,9H2,1-5H3. The summed E-state index contributed by atoms with van der Waals surface area (Å²) in [5.74, 6) is 1.41. The second-order valence-electron chi connectivity index (χ2n) is 6.07. The summed E-state index contributed by atoms with van der Waals surface area (Å²) < 4.78 is 2.28. The van der Waals surface area contributed by atoms with E-state index in [0.29, 0.717) is 11.9 Å². The Balaban J connectivity index is 2.68. The fourth-order valence-electron chi connectivity index (χ4n) is 2.17. The van der Waals surface area contributed by atoms with Crippen LogP contribution in [0.15, 0.2) is 18.2 Å².